The molecule has 0 bridgehead atoms. The van der Waals surface area contributed by atoms with Gasteiger partial charge in [0.25, 0.3) is 0 Å². The second-order valence-corrected chi connectivity index (χ2v) is 2.06. The number of carbonyl (C=O) groups is 1. The molecule has 0 saturated carbocycles. The number of hydrogen-bond donors (Lipinski definition) is 1. The van der Waals surface area contributed by atoms with Gasteiger partial charge in [0.15, 0.2) is 0 Å². The Balaban J connectivity index is 3.21. The molecule has 0 heterocycles. The van der Waals surface area contributed by atoms with Crippen LogP contribution in [-0.4, -0.2) is 10.5 Å². The molecule has 2 nitrogen and oxygen atoms in total. The lowest BCUT2D eigenvalue weighted by atomic mass is 10.7. The van der Waals surface area contributed by atoms with Gasteiger partial charge in [-0.2, -0.15) is 0 Å². The van der Waals surface area contributed by atoms with Crippen LogP contribution in [0.5, 0.6) is 0 Å². The SMILES string of the molecule is C#CC(I)NC=O. The van der Waals surface area contributed by atoms with Gasteiger partial charge in [0, 0.05) is 0 Å². The third-order valence-electron chi connectivity index (χ3n) is 0.361. The molecule has 3 heteroatoms. The molecule has 0 saturated heterocycles. The molecule has 0 aromatic heterocycles. The zero-order valence-electron chi connectivity index (χ0n) is 3.52. The molecule has 0 aromatic rings. The summed E-state index contributed by atoms with van der Waals surface area (Å²) in [5.41, 5.74) is 0. The van der Waals surface area contributed by atoms with Gasteiger partial charge in [0.05, 0.1) is 0 Å². The number of carbonyl (C=O) groups excluding carboxylic acids is 1. The Kier molecular flexibility index (Phi) is 3.80. The Labute approximate surface area is 55.8 Å². The van der Waals surface area contributed by atoms with Gasteiger partial charge in [-0.1, -0.05) is 5.92 Å². The molecule has 0 radical (unpaired) electrons. The van der Waals surface area contributed by atoms with E-state index >= 15 is 0 Å². The molecule has 1 amide bonds. The fourth-order valence-corrected chi connectivity index (χ4v) is 0.255. The van der Waals surface area contributed by atoms with E-state index in [0.717, 1.165) is 0 Å². The summed E-state index contributed by atoms with van der Waals surface area (Å²) in [6.45, 7) is 0. The average molecular weight is 209 g/mol. The molecule has 0 rings (SSSR count). The lowest BCUT2D eigenvalue weighted by Crippen LogP contribution is -2.18. The van der Waals surface area contributed by atoms with Crippen LogP contribution < -0.4 is 5.32 Å². The van der Waals surface area contributed by atoms with E-state index in [-0.39, 0.29) is 4.05 Å². The molecule has 0 spiro atoms. The molecule has 1 N–H and O–H groups in total. The van der Waals surface area contributed by atoms with Crippen LogP contribution >= 0.6 is 22.6 Å². The maximum Gasteiger partial charge on any atom is 0.208 e. The number of nitrogens with one attached hydrogen (secondary N) is 1. The lowest BCUT2D eigenvalue weighted by molar-refractivity contribution is -0.109. The second kappa shape index (κ2) is 3.93. The van der Waals surface area contributed by atoms with Crippen molar-refractivity contribution < 1.29 is 4.79 Å². The second-order valence-electron chi connectivity index (χ2n) is 0.814. The highest BCUT2D eigenvalue weighted by Gasteiger charge is 1.88. The zero-order chi connectivity index (χ0) is 5.70. The first kappa shape index (κ1) is 6.76. The molecule has 0 aliphatic carbocycles. The van der Waals surface area contributed by atoms with Gasteiger partial charge >= 0.3 is 0 Å². The van der Waals surface area contributed by atoms with Crippen molar-refractivity contribution in [3.63, 3.8) is 0 Å². The van der Waals surface area contributed by atoms with Gasteiger partial charge in [-0.15, -0.1) is 6.42 Å². The Morgan fingerprint density at radius 2 is 2.57 bits per heavy atom. The summed E-state index contributed by atoms with van der Waals surface area (Å²) >= 11 is 1.93. The normalized spacial score (nSPS) is 11.4. The molecule has 38 valence electrons. The Morgan fingerprint density at radius 1 is 2.00 bits per heavy atom. The average Bonchev–Trinajstić information content (AvgIpc) is 1.68. The first-order valence-electron chi connectivity index (χ1n) is 1.61. The molecular weight excluding hydrogens is 205 g/mol. The minimum atomic E-state index is -0.171. The van der Waals surface area contributed by atoms with Crippen LogP contribution in [0.25, 0.3) is 0 Å². The van der Waals surface area contributed by atoms with Crippen molar-refractivity contribution in [1.82, 2.24) is 5.32 Å². The number of hydrogen-bond acceptors (Lipinski definition) is 1. The van der Waals surface area contributed by atoms with Crippen molar-refractivity contribution in [1.29, 1.82) is 0 Å². The molecule has 0 aliphatic heterocycles. The predicted octanol–water partition coefficient (Wildman–Crippen LogP) is 0.127. The van der Waals surface area contributed by atoms with E-state index < -0.39 is 0 Å². The van der Waals surface area contributed by atoms with Crippen molar-refractivity contribution in [2.75, 3.05) is 0 Å². The highest BCUT2D eigenvalue weighted by atomic mass is 127. The summed E-state index contributed by atoms with van der Waals surface area (Å²) in [4.78, 5) is 9.56. The van der Waals surface area contributed by atoms with Crippen molar-refractivity contribution in [2.24, 2.45) is 0 Å². The van der Waals surface area contributed by atoms with E-state index in [2.05, 4.69) is 11.2 Å². The van der Waals surface area contributed by atoms with Crippen LogP contribution in [0.3, 0.4) is 0 Å². The summed E-state index contributed by atoms with van der Waals surface area (Å²) in [7, 11) is 0. The van der Waals surface area contributed by atoms with Crippen LogP contribution in [-0.2, 0) is 4.79 Å². The largest absolute Gasteiger partial charge is 0.337 e. The third kappa shape index (κ3) is 3.59. The first-order chi connectivity index (χ1) is 3.31. The predicted molar refractivity (Wildman–Crippen MR) is 35.8 cm³/mol. The Bertz CT molecular complexity index is 96.4. The highest BCUT2D eigenvalue weighted by Crippen LogP contribution is 1.88. The highest BCUT2D eigenvalue weighted by molar-refractivity contribution is 14.1. The van der Waals surface area contributed by atoms with E-state index in [1.54, 1.807) is 0 Å². The maximum atomic E-state index is 9.56. The van der Waals surface area contributed by atoms with E-state index in [9.17, 15) is 4.79 Å². The van der Waals surface area contributed by atoms with E-state index in [4.69, 9.17) is 6.42 Å². The number of terminal acetylenes is 1. The zero-order valence-corrected chi connectivity index (χ0v) is 5.68. The van der Waals surface area contributed by atoms with Gasteiger partial charge in [-0.05, 0) is 22.6 Å². The number of halogens is 1. The molecule has 7 heavy (non-hydrogen) atoms. The number of alkyl halides is 1. The monoisotopic (exact) mass is 209 g/mol. The van der Waals surface area contributed by atoms with Crippen LogP contribution in [0.15, 0.2) is 0 Å². The van der Waals surface area contributed by atoms with E-state index in [1.807, 2.05) is 22.6 Å². The number of amides is 1. The minimum absolute atomic E-state index is 0.171. The Hall–Kier alpha value is -0.240. The smallest absolute Gasteiger partial charge is 0.208 e. The molecule has 1 unspecified atom stereocenters. The quantitative estimate of drug-likeness (QED) is 0.226. The van der Waals surface area contributed by atoms with Gasteiger partial charge < -0.3 is 5.32 Å². The molecule has 0 aromatic carbocycles. The fraction of sp³-hybridized carbons (Fsp3) is 0.250. The summed E-state index contributed by atoms with van der Waals surface area (Å²) in [6, 6.07) is 0. The van der Waals surface area contributed by atoms with Gasteiger partial charge in [0.2, 0.25) is 6.41 Å². The van der Waals surface area contributed by atoms with Crippen molar-refractivity contribution in [3.05, 3.63) is 0 Å². The standard InChI is InChI=1S/C4H4INO/c1-2-4(5)6-3-7/h1,3-4H,(H,6,7). The first-order valence-corrected chi connectivity index (χ1v) is 2.85. The summed E-state index contributed by atoms with van der Waals surface area (Å²) in [5, 5.41) is 2.37. The molecule has 0 fully saturated rings. The van der Waals surface area contributed by atoms with Crippen molar-refractivity contribution >= 4 is 29.0 Å². The Morgan fingerprint density at radius 3 is 2.71 bits per heavy atom. The van der Waals surface area contributed by atoms with E-state index in [0.29, 0.717) is 6.41 Å². The minimum Gasteiger partial charge on any atom is -0.337 e. The molecular formula is C4H4INO. The van der Waals surface area contributed by atoms with Gasteiger partial charge in [-0.3, -0.25) is 4.79 Å². The van der Waals surface area contributed by atoms with Gasteiger partial charge in [-0.25, -0.2) is 0 Å². The summed E-state index contributed by atoms with van der Waals surface area (Å²) < 4.78 is -0.171. The molecule has 1 atom stereocenters. The molecule has 0 aliphatic rings. The van der Waals surface area contributed by atoms with Crippen LogP contribution in [0.2, 0.25) is 0 Å². The van der Waals surface area contributed by atoms with Crippen molar-refractivity contribution in [2.45, 2.75) is 4.05 Å². The maximum absolute atomic E-state index is 9.56. The number of rotatable bonds is 2. The topological polar surface area (TPSA) is 29.1 Å². The summed E-state index contributed by atoms with van der Waals surface area (Å²) in [5.74, 6) is 2.31. The van der Waals surface area contributed by atoms with E-state index in [1.165, 1.54) is 0 Å². The lowest BCUT2D eigenvalue weighted by Gasteiger charge is -1.93. The summed E-state index contributed by atoms with van der Waals surface area (Å²) in [6.07, 6.45) is 5.46. The van der Waals surface area contributed by atoms with Crippen LogP contribution in [0.1, 0.15) is 0 Å². The van der Waals surface area contributed by atoms with Crippen LogP contribution in [0, 0.1) is 12.3 Å². The van der Waals surface area contributed by atoms with Gasteiger partial charge in [0.1, 0.15) is 4.05 Å². The van der Waals surface area contributed by atoms with Crippen LogP contribution in [0.4, 0.5) is 0 Å². The van der Waals surface area contributed by atoms with Crippen molar-refractivity contribution in [3.8, 4) is 12.3 Å². The fourth-order valence-electron chi connectivity index (χ4n) is 0.108. The third-order valence-corrected chi connectivity index (χ3v) is 1.08.